The lowest BCUT2D eigenvalue weighted by Gasteiger charge is -1.95. The third kappa shape index (κ3) is 5.92. The summed E-state index contributed by atoms with van der Waals surface area (Å²) in [5, 5.41) is 8.29. The molecule has 0 saturated carbocycles. The predicted molar refractivity (Wildman–Crippen MR) is 32.2 cm³/mol. The quantitative estimate of drug-likeness (QED) is 0.543. The van der Waals surface area contributed by atoms with Crippen LogP contribution < -0.4 is 0 Å². The minimum atomic E-state index is 0.254. The summed E-state index contributed by atoms with van der Waals surface area (Å²) in [6, 6.07) is 0. The molecule has 0 spiro atoms. The van der Waals surface area contributed by atoms with Crippen LogP contribution in [0.25, 0.3) is 0 Å². The first-order valence-corrected chi connectivity index (χ1v) is 2.96. The van der Waals surface area contributed by atoms with Crippen molar-refractivity contribution in [1.82, 2.24) is 0 Å². The van der Waals surface area contributed by atoms with Gasteiger partial charge < -0.3 is 9.84 Å². The van der Waals surface area contributed by atoms with Crippen LogP contribution in [0.5, 0.6) is 0 Å². The number of rotatable bonds is 5. The largest absolute Gasteiger partial charge is 0.396 e. The zero-order valence-electron chi connectivity index (χ0n) is 5.26. The first-order chi connectivity index (χ1) is 3.91. The fraction of sp³-hybridized carbons (Fsp3) is 0.833. The normalized spacial score (nSPS) is 9.75. The highest BCUT2D eigenvalue weighted by Crippen LogP contribution is 1.92. The van der Waals surface area contributed by atoms with E-state index >= 15 is 0 Å². The summed E-state index contributed by atoms with van der Waals surface area (Å²) in [7, 11) is 0. The molecule has 0 heterocycles. The van der Waals surface area contributed by atoms with E-state index in [2.05, 4.69) is 0 Å². The highest BCUT2D eigenvalue weighted by Gasteiger charge is 1.84. The van der Waals surface area contributed by atoms with Crippen molar-refractivity contribution in [3.63, 3.8) is 0 Å². The molecule has 0 saturated heterocycles. The van der Waals surface area contributed by atoms with Gasteiger partial charge in [-0.3, -0.25) is 0 Å². The first kappa shape index (κ1) is 7.92. The third-order valence-corrected chi connectivity index (χ3v) is 0.765. The molecule has 0 aliphatic heterocycles. The number of ether oxygens (including phenoxy) is 1. The Balaban J connectivity index is 2.53. The molecule has 1 radical (unpaired) electrons. The molecule has 0 fully saturated rings. The topological polar surface area (TPSA) is 29.5 Å². The summed E-state index contributed by atoms with van der Waals surface area (Å²) in [4.78, 5) is 0. The van der Waals surface area contributed by atoms with Crippen LogP contribution in [0, 0.1) is 6.61 Å². The van der Waals surface area contributed by atoms with Crippen molar-refractivity contribution in [2.24, 2.45) is 0 Å². The molecule has 0 atom stereocenters. The summed E-state index contributed by atoms with van der Waals surface area (Å²) in [6.07, 6.45) is 1.66. The maximum Gasteiger partial charge on any atom is 0.0837 e. The average molecular weight is 117 g/mol. The van der Waals surface area contributed by atoms with Crippen molar-refractivity contribution in [2.75, 3.05) is 13.2 Å². The Morgan fingerprint density at radius 2 is 2.38 bits per heavy atom. The maximum absolute atomic E-state index is 8.29. The summed E-state index contributed by atoms with van der Waals surface area (Å²) in [5.41, 5.74) is 0. The van der Waals surface area contributed by atoms with Crippen molar-refractivity contribution in [2.45, 2.75) is 19.8 Å². The molecule has 0 rings (SSSR count). The molecule has 0 aliphatic carbocycles. The van der Waals surface area contributed by atoms with Gasteiger partial charge in [-0.25, -0.2) is 0 Å². The van der Waals surface area contributed by atoms with Crippen LogP contribution in [-0.4, -0.2) is 18.3 Å². The summed E-state index contributed by atoms with van der Waals surface area (Å²) in [6.45, 7) is 4.65. The second-order valence-electron chi connectivity index (χ2n) is 1.49. The van der Waals surface area contributed by atoms with Gasteiger partial charge >= 0.3 is 0 Å². The van der Waals surface area contributed by atoms with Crippen molar-refractivity contribution in [3.05, 3.63) is 6.61 Å². The van der Waals surface area contributed by atoms with Crippen LogP contribution in [0.4, 0.5) is 0 Å². The Morgan fingerprint density at radius 1 is 1.62 bits per heavy atom. The van der Waals surface area contributed by atoms with Crippen molar-refractivity contribution < 1.29 is 9.84 Å². The molecular weight excluding hydrogens is 104 g/mol. The summed E-state index contributed by atoms with van der Waals surface area (Å²) < 4.78 is 4.90. The fourth-order valence-electron chi connectivity index (χ4n) is 0.376. The number of aliphatic hydroxyl groups is 1. The van der Waals surface area contributed by atoms with Crippen LogP contribution in [0.3, 0.4) is 0 Å². The van der Waals surface area contributed by atoms with E-state index in [4.69, 9.17) is 9.84 Å². The lowest BCUT2D eigenvalue weighted by molar-refractivity contribution is 0.196. The van der Waals surface area contributed by atoms with Gasteiger partial charge in [-0.1, -0.05) is 0 Å². The Labute approximate surface area is 50.5 Å². The van der Waals surface area contributed by atoms with Gasteiger partial charge in [0, 0.05) is 13.2 Å². The molecule has 0 amide bonds. The van der Waals surface area contributed by atoms with Gasteiger partial charge in [0.05, 0.1) is 6.61 Å². The molecule has 0 aromatic rings. The first-order valence-electron chi connectivity index (χ1n) is 2.96. The summed E-state index contributed by atoms with van der Waals surface area (Å²) >= 11 is 0. The van der Waals surface area contributed by atoms with Crippen LogP contribution in [0.15, 0.2) is 0 Å². The van der Waals surface area contributed by atoms with Crippen molar-refractivity contribution in [3.8, 4) is 0 Å². The van der Waals surface area contributed by atoms with Crippen LogP contribution in [-0.2, 0) is 4.74 Å². The number of hydrogen-bond donors (Lipinski definition) is 1. The SMILES string of the molecule is CCO[CH]CCCO. The molecule has 0 aromatic heterocycles. The van der Waals surface area contributed by atoms with Crippen LogP contribution in [0.1, 0.15) is 19.8 Å². The third-order valence-electron chi connectivity index (χ3n) is 0.765. The van der Waals surface area contributed by atoms with Gasteiger partial charge in [0.2, 0.25) is 0 Å². The molecule has 1 N–H and O–H groups in total. The van der Waals surface area contributed by atoms with Crippen LogP contribution >= 0.6 is 0 Å². The van der Waals surface area contributed by atoms with Crippen molar-refractivity contribution in [1.29, 1.82) is 0 Å². The van der Waals surface area contributed by atoms with E-state index in [1.807, 2.05) is 6.92 Å². The smallest absolute Gasteiger partial charge is 0.0837 e. The molecule has 0 unspecified atom stereocenters. The van der Waals surface area contributed by atoms with Crippen LogP contribution in [0.2, 0.25) is 0 Å². The number of unbranched alkanes of at least 4 members (excludes halogenated alkanes) is 1. The van der Waals surface area contributed by atoms with E-state index in [-0.39, 0.29) is 6.61 Å². The Hall–Kier alpha value is -0.0800. The number of hydrogen-bond acceptors (Lipinski definition) is 2. The fourth-order valence-corrected chi connectivity index (χ4v) is 0.376. The maximum atomic E-state index is 8.29. The second kappa shape index (κ2) is 6.92. The zero-order valence-corrected chi connectivity index (χ0v) is 5.26. The molecule has 0 aliphatic rings. The lowest BCUT2D eigenvalue weighted by Crippen LogP contribution is -1.88. The molecule has 49 valence electrons. The van der Waals surface area contributed by atoms with Gasteiger partial charge in [-0.15, -0.1) is 0 Å². The molecule has 2 heteroatoms. The van der Waals surface area contributed by atoms with Gasteiger partial charge in [0.15, 0.2) is 0 Å². The average Bonchev–Trinajstić information content (AvgIpc) is 1.81. The van der Waals surface area contributed by atoms with E-state index in [1.165, 1.54) is 0 Å². The molecular formula is C6H13O2. The standard InChI is InChI=1S/C6H13O2/c1-2-8-6-4-3-5-7/h6-7H,2-5H2,1H3. The van der Waals surface area contributed by atoms with E-state index in [0.717, 1.165) is 19.4 Å². The van der Waals surface area contributed by atoms with Gasteiger partial charge in [-0.05, 0) is 19.8 Å². The van der Waals surface area contributed by atoms with Gasteiger partial charge in [0.25, 0.3) is 0 Å². The zero-order chi connectivity index (χ0) is 6.24. The van der Waals surface area contributed by atoms with E-state index in [9.17, 15) is 0 Å². The minimum Gasteiger partial charge on any atom is -0.396 e. The lowest BCUT2D eigenvalue weighted by atomic mass is 10.3. The van der Waals surface area contributed by atoms with Gasteiger partial charge in [-0.2, -0.15) is 0 Å². The molecule has 0 aromatic carbocycles. The van der Waals surface area contributed by atoms with E-state index in [0.29, 0.717) is 0 Å². The molecule has 0 bridgehead atoms. The highest BCUT2D eigenvalue weighted by molar-refractivity contribution is 4.48. The van der Waals surface area contributed by atoms with Crippen molar-refractivity contribution >= 4 is 0 Å². The molecule has 2 nitrogen and oxygen atoms in total. The minimum absolute atomic E-state index is 0.254. The second-order valence-corrected chi connectivity index (χ2v) is 1.49. The summed E-state index contributed by atoms with van der Waals surface area (Å²) in [5.74, 6) is 0. The Bertz CT molecular complexity index is 31.5. The number of aliphatic hydroxyl groups excluding tert-OH is 1. The Morgan fingerprint density at radius 3 is 2.88 bits per heavy atom. The molecule has 8 heavy (non-hydrogen) atoms. The monoisotopic (exact) mass is 117 g/mol. The van der Waals surface area contributed by atoms with E-state index in [1.54, 1.807) is 6.61 Å². The highest BCUT2D eigenvalue weighted by atomic mass is 16.5. The Kier molecular flexibility index (Phi) is 6.85. The van der Waals surface area contributed by atoms with Gasteiger partial charge in [0.1, 0.15) is 0 Å². The van der Waals surface area contributed by atoms with E-state index < -0.39 is 0 Å². The predicted octanol–water partition coefficient (Wildman–Crippen LogP) is 0.957.